The highest BCUT2D eigenvalue weighted by molar-refractivity contribution is 7.80. The molecule has 96 valence electrons. The first-order chi connectivity index (χ1) is 8.58. The quantitative estimate of drug-likeness (QED) is 0.820. The molecule has 1 aromatic carbocycles. The smallest absolute Gasteiger partial charge is 0.321 e. The Labute approximate surface area is 112 Å². The van der Waals surface area contributed by atoms with E-state index in [4.69, 9.17) is 18.0 Å². The predicted octanol–water partition coefficient (Wildman–Crippen LogP) is 2.02. The minimum atomic E-state index is -0.0835. The van der Waals surface area contributed by atoms with E-state index in [1.807, 2.05) is 24.3 Å². The van der Waals surface area contributed by atoms with Gasteiger partial charge in [-0.25, -0.2) is 4.79 Å². The summed E-state index contributed by atoms with van der Waals surface area (Å²) in [4.78, 5) is 13.9. The van der Waals surface area contributed by atoms with Crippen LogP contribution in [0.2, 0.25) is 0 Å². The molecular weight excluding hydrogens is 246 g/mol. The molecule has 1 fully saturated rings. The third-order valence-electron chi connectivity index (χ3n) is 3.26. The van der Waals surface area contributed by atoms with Crippen LogP contribution < -0.4 is 16.0 Å². The molecule has 0 aromatic heterocycles. The second kappa shape index (κ2) is 5.35. The van der Waals surface area contributed by atoms with Gasteiger partial charge in [-0.3, -0.25) is 4.90 Å². The van der Waals surface area contributed by atoms with Gasteiger partial charge >= 0.3 is 6.03 Å². The van der Waals surface area contributed by atoms with Crippen LogP contribution in [0.1, 0.15) is 24.8 Å². The number of nitrogens with one attached hydrogen (secondary N) is 1. The van der Waals surface area contributed by atoms with E-state index < -0.39 is 0 Å². The fraction of sp³-hybridized carbons (Fsp3) is 0.385. The summed E-state index contributed by atoms with van der Waals surface area (Å²) >= 11 is 4.93. The van der Waals surface area contributed by atoms with Crippen LogP contribution in [0, 0.1) is 0 Å². The third kappa shape index (κ3) is 2.79. The lowest BCUT2D eigenvalue weighted by Crippen LogP contribution is -2.46. The first-order valence-electron chi connectivity index (χ1n) is 6.02. The molecule has 1 aliphatic carbocycles. The minimum Gasteiger partial charge on any atom is -0.389 e. The molecule has 0 bridgehead atoms. The molecule has 1 saturated carbocycles. The van der Waals surface area contributed by atoms with Gasteiger partial charge in [0, 0.05) is 24.3 Å². The first kappa shape index (κ1) is 12.8. The molecular formula is C13H17N3OS. The third-order valence-corrected chi connectivity index (χ3v) is 3.49. The maximum atomic E-state index is 12.0. The summed E-state index contributed by atoms with van der Waals surface area (Å²) < 4.78 is 0. The Morgan fingerprint density at radius 2 is 2.22 bits per heavy atom. The van der Waals surface area contributed by atoms with Gasteiger partial charge < -0.3 is 11.1 Å². The molecule has 0 aliphatic heterocycles. The van der Waals surface area contributed by atoms with Crippen molar-refractivity contribution in [3.63, 3.8) is 0 Å². The fourth-order valence-corrected chi connectivity index (χ4v) is 1.94. The number of urea groups is 1. The molecule has 3 N–H and O–H groups in total. The predicted molar refractivity (Wildman–Crippen MR) is 76.9 cm³/mol. The molecule has 0 unspecified atom stereocenters. The van der Waals surface area contributed by atoms with Gasteiger partial charge in [-0.15, -0.1) is 0 Å². The van der Waals surface area contributed by atoms with Crippen molar-refractivity contribution in [2.24, 2.45) is 5.73 Å². The van der Waals surface area contributed by atoms with E-state index in [1.54, 1.807) is 11.9 Å². The second-order valence-corrected chi connectivity index (χ2v) is 4.99. The summed E-state index contributed by atoms with van der Waals surface area (Å²) in [6.45, 7) is 0. The van der Waals surface area contributed by atoms with E-state index in [0.717, 1.165) is 24.1 Å². The van der Waals surface area contributed by atoms with Gasteiger partial charge in [0.15, 0.2) is 0 Å². The van der Waals surface area contributed by atoms with Crippen molar-refractivity contribution in [2.75, 3.05) is 11.9 Å². The van der Waals surface area contributed by atoms with Crippen LogP contribution in [0.5, 0.6) is 0 Å². The number of anilines is 1. The molecule has 1 aliphatic rings. The standard InChI is InChI=1S/C13H17N3OS/c1-16(13(17)15-10-5-3-6-10)11-7-2-4-9(8-11)12(14)18/h2,4,7-8,10H,3,5-6H2,1H3,(H2,14,18)(H,15,17). The number of benzene rings is 1. The van der Waals surface area contributed by atoms with Crippen molar-refractivity contribution in [1.82, 2.24) is 5.32 Å². The number of carbonyl (C=O) groups excluding carboxylic acids is 1. The van der Waals surface area contributed by atoms with Crippen molar-refractivity contribution in [3.05, 3.63) is 29.8 Å². The number of nitrogens with two attached hydrogens (primary N) is 1. The van der Waals surface area contributed by atoms with Crippen LogP contribution >= 0.6 is 12.2 Å². The molecule has 4 nitrogen and oxygen atoms in total. The van der Waals surface area contributed by atoms with Crippen LogP contribution in [0.25, 0.3) is 0 Å². The van der Waals surface area contributed by atoms with Crippen LogP contribution in [-0.2, 0) is 0 Å². The lowest BCUT2D eigenvalue weighted by molar-refractivity contribution is 0.235. The second-order valence-electron chi connectivity index (χ2n) is 4.55. The SMILES string of the molecule is CN(C(=O)NC1CCC1)c1cccc(C(N)=S)c1. The summed E-state index contributed by atoms with van der Waals surface area (Å²) in [7, 11) is 1.74. The van der Waals surface area contributed by atoms with Crippen molar-refractivity contribution in [1.29, 1.82) is 0 Å². The number of carbonyl (C=O) groups is 1. The van der Waals surface area contributed by atoms with Gasteiger partial charge in [-0.2, -0.15) is 0 Å². The van der Waals surface area contributed by atoms with E-state index in [1.165, 1.54) is 6.42 Å². The summed E-state index contributed by atoms with van der Waals surface area (Å²) in [5.74, 6) is 0. The maximum absolute atomic E-state index is 12.0. The van der Waals surface area contributed by atoms with Gasteiger partial charge in [-0.1, -0.05) is 24.4 Å². The highest BCUT2D eigenvalue weighted by Gasteiger charge is 2.21. The van der Waals surface area contributed by atoms with Gasteiger partial charge in [0.1, 0.15) is 4.99 Å². The Balaban J connectivity index is 2.06. The lowest BCUT2D eigenvalue weighted by Gasteiger charge is -2.29. The zero-order chi connectivity index (χ0) is 13.1. The highest BCUT2D eigenvalue weighted by Crippen LogP contribution is 2.20. The summed E-state index contributed by atoms with van der Waals surface area (Å²) in [5.41, 5.74) is 7.14. The number of hydrogen-bond donors (Lipinski definition) is 2. The van der Waals surface area contributed by atoms with Gasteiger partial charge in [0.2, 0.25) is 0 Å². The molecule has 1 aromatic rings. The normalized spacial score (nSPS) is 14.7. The molecule has 2 amide bonds. The average Bonchev–Trinajstić information content (AvgIpc) is 2.32. The van der Waals surface area contributed by atoms with Crippen molar-refractivity contribution < 1.29 is 4.79 Å². The Hall–Kier alpha value is -1.62. The van der Waals surface area contributed by atoms with Crippen molar-refractivity contribution in [2.45, 2.75) is 25.3 Å². The maximum Gasteiger partial charge on any atom is 0.321 e. The fourth-order valence-electron chi connectivity index (χ4n) is 1.81. The summed E-state index contributed by atoms with van der Waals surface area (Å²) in [6, 6.07) is 7.61. The number of nitrogens with zero attached hydrogens (tertiary/aromatic N) is 1. The summed E-state index contributed by atoms with van der Waals surface area (Å²) in [6.07, 6.45) is 3.35. The number of hydrogen-bond acceptors (Lipinski definition) is 2. The molecule has 18 heavy (non-hydrogen) atoms. The average molecular weight is 263 g/mol. The molecule has 5 heteroatoms. The van der Waals surface area contributed by atoms with Crippen LogP contribution in [-0.4, -0.2) is 24.1 Å². The van der Waals surface area contributed by atoms with E-state index in [-0.39, 0.29) is 6.03 Å². The first-order valence-corrected chi connectivity index (χ1v) is 6.43. The minimum absolute atomic E-state index is 0.0835. The number of thiocarbonyl (C=S) groups is 1. The topological polar surface area (TPSA) is 58.4 Å². The molecule has 2 rings (SSSR count). The Morgan fingerprint density at radius 1 is 1.50 bits per heavy atom. The van der Waals surface area contributed by atoms with Crippen LogP contribution in [0.4, 0.5) is 10.5 Å². The highest BCUT2D eigenvalue weighted by atomic mass is 32.1. The summed E-state index contributed by atoms with van der Waals surface area (Å²) in [5, 5.41) is 2.99. The largest absolute Gasteiger partial charge is 0.389 e. The lowest BCUT2D eigenvalue weighted by atomic mass is 9.93. The van der Waals surface area contributed by atoms with Crippen LogP contribution in [0.3, 0.4) is 0 Å². The monoisotopic (exact) mass is 263 g/mol. The molecule has 0 saturated heterocycles. The zero-order valence-corrected chi connectivity index (χ0v) is 11.2. The van der Waals surface area contributed by atoms with E-state index >= 15 is 0 Å². The Bertz CT molecular complexity index is 471. The van der Waals surface area contributed by atoms with Crippen molar-refractivity contribution >= 4 is 28.9 Å². The number of amides is 2. The van der Waals surface area contributed by atoms with E-state index in [0.29, 0.717) is 11.0 Å². The zero-order valence-electron chi connectivity index (χ0n) is 10.3. The van der Waals surface area contributed by atoms with E-state index in [2.05, 4.69) is 5.32 Å². The van der Waals surface area contributed by atoms with Crippen molar-refractivity contribution in [3.8, 4) is 0 Å². The Morgan fingerprint density at radius 3 is 2.78 bits per heavy atom. The molecule has 0 heterocycles. The molecule has 0 spiro atoms. The molecule has 0 atom stereocenters. The van der Waals surface area contributed by atoms with Gasteiger partial charge in [-0.05, 0) is 31.4 Å². The Kier molecular flexibility index (Phi) is 3.81. The van der Waals surface area contributed by atoms with Gasteiger partial charge in [0.25, 0.3) is 0 Å². The van der Waals surface area contributed by atoms with Crippen LogP contribution in [0.15, 0.2) is 24.3 Å². The molecule has 0 radical (unpaired) electrons. The number of rotatable bonds is 3. The van der Waals surface area contributed by atoms with E-state index in [9.17, 15) is 4.79 Å². The van der Waals surface area contributed by atoms with Gasteiger partial charge in [0.05, 0.1) is 0 Å².